The molecular formula is C55H99NO18. The summed E-state index contributed by atoms with van der Waals surface area (Å²) >= 11 is 0. The molecule has 3 aliphatic rings. The highest BCUT2D eigenvalue weighted by Crippen LogP contribution is 2.33. The van der Waals surface area contributed by atoms with Crippen LogP contribution in [0.1, 0.15) is 174 Å². The van der Waals surface area contributed by atoms with Gasteiger partial charge >= 0.3 is 0 Å². The monoisotopic (exact) mass is 1060 g/mol. The van der Waals surface area contributed by atoms with Crippen molar-refractivity contribution in [1.29, 1.82) is 0 Å². The van der Waals surface area contributed by atoms with E-state index in [1.54, 1.807) is 6.08 Å². The first-order valence-corrected chi connectivity index (χ1v) is 28.2. The quantitative estimate of drug-likeness (QED) is 0.0307. The molecule has 3 rings (SSSR count). The van der Waals surface area contributed by atoms with Gasteiger partial charge in [-0.15, -0.1) is 0 Å². The highest BCUT2D eigenvalue weighted by Gasteiger charge is 2.53. The molecule has 74 heavy (non-hydrogen) atoms. The van der Waals surface area contributed by atoms with Gasteiger partial charge in [0.25, 0.3) is 0 Å². The van der Waals surface area contributed by atoms with Crippen LogP contribution in [0.3, 0.4) is 0 Å². The third-order valence-corrected chi connectivity index (χ3v) is 14.2. The standard InChI is InChI=1S/C55H99NO18/c1-3-5-7-9-11-13-15-17-18-19-20-21-23-25-27-29-31-33-43(61)56-38(39(60)32-30-28-26-24-22-16-14-12-10-8-6-4-2)37-69-53-49(67)46(64)51(41(35-58)71-53)74-55-50(68)47(65)52(42(36-59)72-55)73-54-48(66)45(63)44(62)40(34-57)70-54/h10,12,22,24,30,32,38-42,44-55,57-60,62-68H,3-9,11,13-21,23,25-29,31,33-37H2,1-2H3,(H,56,61)/b12-10+,24-22+,32-30+. The molecule has 0 bridgehead atoms. The Balaban J connectivity index is 1.53. The number of hydrogen-bond acceptors (Lipinski definition) is 18. The number of hydrogen-bond donors (Lipinski definition) is 12. The van der Waals surface area contributed by atoms with Crippen molar-refractivity contribution in [3.63, 3.8) is 0 Å². The lowest BCUT2D eigenvalue weighted by molar-refractivity contribution is -0.379. The molecule has 12 N–H and O–H groups in total. The van der Waals surface area contributed by atoms with Gasteiger partial charge in [0.15, 0.2) is 18.9 Å². The van der Waals surface area contributed by atoms with Gasteiger partial charge in [-0.1, -0.05) is 166 Å². The van der Waals surface area contributed by atoms with Crippen LogP contribution in [-0.2, 0) is 33.2 Å². The first-order valence-electron chi connectivity index (χ1n) is 28.2. The summed E-state index contributed by atoms with van der Waals surface area (Å²) in [5.74, 6) is -0.291. The number of nitrogens with one attached hydrogen (secondary N) is 1. The van der Waals surface area contributed by atoms with Crippen LogP contribution in [0.5, 0.6) is 0 Å². The summed E-state index contributed by atoms with van der Waals surface area (Å²) in [4.78, 5) is 13.3. The molecule has 3 aliphatic heterocycles. The van der Waals surface area contributed by atoms with Gasteiger partial charge in [0.1, 0.15) is 73.2 Å². The third-order valence-electron chi connectivity index (χ3n) is 14.2. The van der Waals surface area contributed by atoms with Crippen molar-refractivity contribution >= 4 is 5.91 Å². The fraction of sp³-hybridized carbons (Fsp3) is 0.873. The van der Waals surface area contributed by atoms with Crippen molar-refractivity contribution in [1.82, 2.24) is 5.32 Å². The van der Waals surface area contributed by atoms with E-state index in [0.29, 0.717) is 12.8 Å². The predicted molar refractivity (Wildman–Crippen MR) is 277 cm³/mol. The molecule has 0 radical (unpaired) electrons. The largest absolute Gasteiger partial charge is 0.394 e. The Kier molecular flexibility index (Phi) is 35.3. The van der Waals surface area contributed by atoms with Crippen LogP contribution in [0.15, 0.2) is 36.5 Å². The first-order chi connectivity index (χ1) is 35.8. The molecule has 3 heterocycles. The minimum absolute atomic E-state index is 0.235. The molecule has 1 amide bonds. The van der Waals surface area contributed by atoms with E-state index in [1.807, 2.05) is 6.08 Å². The minimum atomic E-state index is -1.98. The van der Waals surface area contributed by atoms with E-state index in [2.05, 4.69) is 43.5 Å². The smallest absolute Gasteiger partial charge is 0.220 e. The van der Waals surface area contributed by atoms with E-state index in [-0.39, 0.29) is 18.9 Å². The summed E-state index contributed by atoms with van der Waals surface area (Å²) in [6.07, 6.45) is 12.9. The number of carbonyl (C=O) groups is 1. The maximum absolute atomic E-state index is 13.3. The Morgan fingerprint density at radius 3 is 1.34 bits per heavy atom. The molecule has 19 heteroatoms. The Labute approximate surface area is 440 Å². The lowest BCUT2D eigenvalue weighted by Gasteiger charge is -2.48. The number of unbranched alkanes of at least 4 members (excludes halogenated alkanes) is 20. The fourth-order valence-electron chi connectivity index (χ4n) is 9.44. The van der Waals surface area contributed by atoms with E-state index in [9.17, 15) is 61.0 Å². The van der Waals surface area contributed by atoms with E-state index < -0.39 is 124 Å². The van der Waals surface area contributed by atoms with Gasteiger partial charge < -0.3 is 89.9 Å². The average Bonchev–Trinajstić information content (AvgIpc) is 3.40. The zero-order chi connectivity index (χ0) is 54.1. The van der Waals surface area contributed by atoms with Crippen LogP contribution in [0.25, 0.3) is 0 Å². The predicted octanol–water partition coefficient (Wildman–Crippen LogP) is 3.76. The Morgan fingerprint density at radius 2 is 0.865 bits per heavy atom. The lowest BCUT2D eigenvalue weighted by atomic mass is 9.96. The highest BCUT2D eigenvalue weighted by atomic mass is 16.8. The normalized spacial score (nSPS) is 31.7. The number of aliphatic hydroxyl groups is 11. The topological polar surface area (TPSA) is 307 Å². The Morgan fingerprint density at radius 1 is 0.473 bits per heavy atom. The molecule has 0 aromatic rings. The molecule has 17 unspecified atom stereocenters. The zero-order valence-corrected chi connectivity index (χ0v) is 44.6. The molecule has 0 saturated carbocycles. The van der Waals surface area contributed by atoms with Gasteiger partial charge in [-0.05, 0) is 38.5 Å². The minimum Gasteiger partial charge on any atom is -0.394 e. The van der Waals surface area contributed by atoms with E-state index in [4.69, 9.17) is 28.4 Å². The molecule has 3 saturated heterocycles. The third kappa shape index (κ3) is 23.9. The number of aliphatic hydroxyl groups excluding tert-OH is 11. The SMILES string of the molecule is CCCC/C=C/CC/C=C/CC/C=C/C(O)C(COC1OC(CO)C(OC2OC(CO)C(OC3OC(CO)C(O)C(O)C3O)C(O)C2O)C(O)C1O)NC(=O)CCCCCCCCCCCCCCCCCCC. The summed E-state index contributed by atoms with van der Waals surface area (Å²) < 4.78 is 34.1. The highest BCUT2D eigenvalue weighted by molar-refractivity contribution is 5.76. The van der Waals surface area contributed by atoms with Crippen LogP contribution in [0.4, 0.5) is 0 Å². The van der Waals surface area contributed by atoms with Crippen LogP contribution < -0.4 is 5.32 Å². The summed E-state index contributed by atoms with van der Waals surface area (Å²) in [6, 6.07) is -0.991. The summed E-state index contributed by atoms with van der Waals surface area (Å²) in [5, 5.41) is 120. The number of amides is 1. The van der Waals surface area contributed by atoms with Gasteiger partial charge in [-0.3, -0.25) is 4.79 Å². The Bertz CT molecular complexity index is 1500. The summed E-state index contributed by atoms with van der Waals surface area (Å²) in [5.41, 5.74) is 0. The van der Waals surface area contributed by atoms with Crippen molar-refractivity contribution in [2.75, 3.05) is 26.4 Å². The molecule has 19 nitrogen and oxygen atoms in total. The maximum Gasteiger partial charge on any atom is 0.220 e. The molecule has 17 atom stereocenters. The van der Waals surface area contributed by atoms with Gasteiger partial charge in [-0.25, -0.2) is 0 Å². The fourth-order valence-corrected chi connectivity index (χ4v) is 9.44. The van der Waals surface area contributed by atoms with Gasteiger partial charge in [0, 0.05) is 6.42 Å². The molecule has 0 aromatic carbocycles. The number of rotatable bonds is 40. The van der Waals surface area contributed by atoms with Crippen molar-refractivity contribution in [2.45, 2.75) is 279 Å². The van der Waals surface area contributed by atoms with Crippen LogP contribution in [0, 0.1) is 0 Å². The van der Waals surface area contributed by atoms with Gasteiger partial charge in [-0.2, -0.15) is 0 Å². The number of allylic oxidation sites excluding steroid dienone is 5. The first kappa shape index (κ1) is 66.3. The maximum atomic E-state index is 13.3. The summed E-state index contributed by atoms with van der Waals surface area (Å²) in [7, 11) is 0. The second-order valence-electron chi connectivity index (χ2n) is 20.4. The Hall–Kier alpha value is -1.99. The van der Waals surface area contributed by atoms with E-state index >= 15 is 0 Å². The van der Waals surface area contributed by atoms with Crippen LogP contribution in [0.2, 0.25) is 0 Å². The average molecular weight is 1060 g/mol. The summed E-state index contributed by atoms with van der Waals surface area (Å²) in [6.45, 7) is 1.62. The molecular weight excluding hydrogens is 963 g/mol. The van der Waals surface area contributed by atoms with Gasteiger partial charge in [0.05, 0.1) is 38.6 Å². The van der Waals surface area contributed by atoms with Crippen molar-refractivity contribution in [2.24, 2.45) is 0 Å². The second kappa shape index (κ2) is 39.4. The van der Waals surface area contributed by atoms with Crippen molar-refractivity contribution < 1.29 is 89.4 Å². The molecule has 3 fully saturated rings. The van der Waals surface area contributed by atoms with Crippen LogP contribution >= 0.6 is 0 Å². The van der Waals surface area contributed by atoms with Crippen LogP contribution in [-0.4, -0.2) is 193 Å². The van der Waals surface area contributed by atoms with Crippen molar-refractivity contribution in [3.05, 3.63) is 36.5 Å². The molecule has 0 aliphatic carbocycles. The zero-order valence-electron chi connectivity index (χ0n) is 44.6. The number of carbonyl (C=O) groups excluding carboxylic acids is 1. The lowest BCUT2D eigenvalue weighted by Crippen LogP contribution is -2.66. The second-order valence-corrected chi connectivity index (χ2v) is 20.4. The molecule has 432 valence electrons. The molecule has 0 aromatic heterocycles. The van der Waals surface area contributed by atoms with E-state index in [0.717, 1.165) is 44.9 Å². The van der Waals surface area contributed by atoms with Gasteiger partial charge in [0.2, 0.25) is 5.91 Å². The van der Waals surface area contributed by atoms with E-state index in [1.165, 1.54) is 96.3 Å². The molecule has 0 spiro atoms. The van der Waals surface area contributed by atoms with Crippen molar-refractivity contribution in [3.8, 4) is 0 Å². The number of ether oxygens (including phenoxy) is 6.